The van der Waals surface area contributed by atoms with E-state index in [2.05, 4.69) is 41.4 Å². The van der Waals surface area contributed by atoms with E-state index in [1.54, 1.807) is 0 Å². The topological polar surface area (TPSA) is 51.0 Å². The van der Waals surface area contributed by atoms with Gasteiger partial charge in [-0.25, -0.2) is 0 Å². The van der Waals surface area contributed by atoms with E-state index < -0.39 is 0 Å². The zero-order chi connectivity index (χ0) is 14.7. The average Bonchev–Trinajstić information content (AvgIpc) is 3.13. The molecule has 1 fully saturated rings. The lowest BCUT2D eigenvalue weighted by Crippen LogP contribution is -2.34. The number of benzene rings is 1. The van der Waals surface area contributed by atoms with E-state index in [1.165, 1.54) is 5.56 Å². The van der Waals surface area contributed by atoms with E-state index >= 15 is 0 Å². The van der Waals surface area contributed by atoms with Gasteiger partial charge in [-0.15, -0.1) is 0 Å². The van der Waals surface area contributed by atoms with Crippen molar-refractivity contribution >= 4 is 11.8 Å². The fourth-order valence-corrected chi connectivity index (χ4v) is 3.98. The first-order chi connectivity index (χ1) is 10.3. The molecule has 0 amide bonds. The van der Waals surface area contributed by atoms with Gasteiger partial charge >= 0.3 is 0 Å². The summed E-state index contributed by atoms with van der Waals surface area (Å²) in [4.78, 5) is 4.63. The van der Waals surface area contributed by atoms with Crippen LogP contribution < -0.4 is 5.32 Å². The molecular formula is C16H21N3OS. The number of aromatic nitrogens is 2. The van der Waals surface area contributed by atoms with E-state index in [9.17, 15) is 0 Å². The Labute approximate surface area is 129 Å². The van der Waals surface area contributed by atoms with Gasteiger partial charge in [-0.3, -0.25) is 0 Å². The molecule has 1 aromatic heterocycles. The normalized spacial score (nSPS) is 21.8. The maximum atomic E-state index is 5.54. The van der Waals surface area contributed by atoms with Gasteiger partial charge in [0.2, 0.25) is 11.7 Å². The van der Waals surface area contributed by atoms with E-state index in [4.69, 9.17) is 4.52 Å². The highest BCUT2D eigenvalue weighted by atomic mass is 32.2. The Kier molecular flexibility index (Phi) is 4.60. The van der Waals surface area contributed by atoms with Crippen molar-refractivity contribution < 1.29 is 4.52 Å². The number of hydrogen-bond acceptors (Lipinski definition) is 5. The summed E-state index contributed by atoms with van der Waals surface area (Å²) in [6.45, 7) is 5.30. The first-order valence-corrected chi connectivity index (χ1v) is 8.65. The van der Waals surface area contributed by atoms with Gasteiger partial charge in [-0.05, 0) is 26.0 Å². The molecule has 1 aliphatic heterocycles. The Morgan fingerprint density at radius 3 is 3.10 bits per heavy atom. The van der Waals surface area contributed by atoms with Crippen molar-refractivity contribution in [2.75, 3.05) is 18.1 Å². The second-order valence-corrected chi connectivity index (χ2v) is 6.61. The third-order valence-corrected chi connectivity index (χ3v) is 4.96. The Morgan fingerprint density at radius 1 is 1.38 bits per heavy atom. The van der Waals surface area contributed by atoms with E-state index in [1.807, 2.05) is 23.9 Å². The maximum absolute atomic E-state index is 5.54. The summed E-state index contributed by atoms with van der Waals surface area (Å²) in [5, 5.41) is 7.75. The van der Waals surface area contributed by atoms with Crippen molar-refractivity contribution in [1.29, 1.82) is 0 Å². The smallest absolute Gasteiger partial charge is 0.232 e. The zero-order valence-electron chi connectivity index (χ0n) is 12.5. The van der Waals surface area contributed by atoms with Crippen molar-refractivity contribution in [2.45, 2.75) is 32.2 Å². The van der Waals surface area contributed by atoms with Gasteiger partial charge in [-0.1, -0.05) is 35.8 Å². The highest BCUT2D eigenvalue weighted by Gasteiger charge is 2.33. The van der Waals surface area contributed by atoms with Crippen molar-refractivity contribution in [3.05, 3.63) is 35.7 Å². The van der Waals surface area contributed by atoms with Crippen LogP contribution in [0.3, 0.4) is 0 Å². The van der Waals surface area contributed by atoms with Crippen LogP contribution in [0, 0.1) is 6.92 Å². The van der Waals surface area contributed by atoms with Crippen LogP contribution >= 0.6 is 11.8 Å². The summed E-state index contributed by atoms with van der Waals surface area (Å²) >= 11 is 1.95. The lowest BCUT2D eigenvalue weighted by atomic mass is 10.0. The minimum Gasteiger partial charge on any atom is -0.339 e. The van der Waals surface area contributed by atoms with Crippen LogP contribution in [0.2, 0.25) is 0 Å². The quantitative estimate of drug-likeness (QED) is 0.919. The molecule has 0 saturated carbocycles. The number of aryl methyl sites for hydroxylation is 1. The van der Waals surface area contributed by atoms with Crippen LogP contribution in [-0.4, -0.2) is 34.2 Å². The molecule has 0 radical (unpaired) electrons. The number of thioether (sulfide) groups is 1. The number of rotatable bonds is 5. The fraction of sp³-hybridized carbons (Fsp3) is 0.500. The lowest BCUT2D eigenvalue weighted by molar-refractivity contribution is 0.339. The van der Waals surface area contributed by atoms with Gasteiger partial charge in [0.1, 0.15) is 0 Å². The van der Waals surface area contributed by atoms with Crippen LogP contribution in [0.25, 0.3) is 11.4 Å². The molecule has 1 N–H and O–H groups in total. The molecule has 3 rings (SSSR count). The Bertz CT molecular complexity index is 599. The van der Waals surface area contributed by atoms with E-state index in [0.717, 1.165) is 35.9 Å². The van der Waals surface area contributed by atoms with Gasteiger partial charge in [0, 0.05) is 23.1 Å². The average molecular weight is 303 g/mol. The monoisotopic (exact) mass is 303 g/mol. The molecule has 1 aromatic carbocycles. The van der Waals surface area contributed by atoms with Crippen LogP contribution in [0.15, 0.2) is 28.8 Å². The standard InChI is InChI=1S/C16H21N3OS/c1-3-7-17-14-10-21-9-13(14)16-18-15(19-20-16)12-6-4-5-11(2)8-12/h4-6,8,13-14,17H,3,7,9-10H2,1-2H3. The highest BCUT2D eigenvalue weighted by Crippen LogP contribution is 2.33. The minimum absolute atomic E-state index is 0.326. The summed E-state index contributed by atoms with van der Waals surface area (Å²) in [5.41, 5.74) is 2.23. The molecular weight excluding hydrogens is 282 g/mol. The second-order valence-electron chi connectivity index (χ2n) is 5.53. The summed E-state index contributed by atoms with van der Waals surface area (Å²) in [7, 11) is 0. The third kappa shape index (κ3) is 3.30. The molecule has 0 aliphatic carbocycles. The minimum atomic E-state index is 0.326. The van der Waals surface area contributed by atoms with Crippen LogP contribution in [0.4, 0.5) is 0 Å². The molecule has 5 heteroatoms. The Hall–Kier alpha value is -1.33. The molecule has 2 unspecified atom stereocenters. The summed E-state index contributed by atoms with van der Waals surface area (Å²) in [6.07, 6.45) is 1.15. The molecule has 4 nitrogen and oxygen atoms in total. The predicted molar refractivity (Wildman–Crippen MR) is 86.6 cm³/mol. The molecule has 2 heterocycles. The van der Waals surface area contributed by atoms with Crippen LogP contribution in [-0.2, 0) is 0 Å². The van der Waals surface area contributed by atoms with Crippen molar-refractivity contribution in [3.63, 3.8) is 0 Å². The zero-order valence-corrected chi connectivity index (χ0v) is 13.3. The van der Waals surface area contributed by atoms with Gasteiger partial charge in [0.25, 0.3) is 0 Å². The Balaban J connectivity index is 1.78. The van der Waals surface area contributed by atoms with E-state index in [-0.39, 0.29) is 0 Å². The second kappa shape index (κ2) is 6.62. The van der Waals surface area contributed by atoms with Crippen molar-refractivity contribution in [2.24, 2.45) is 0 Å². The molecule has 0 spiro atoms. The summed E-state index contributed by atoms with van der Waals surface area (Å²) < 4.78 is 5.54. The summed E-state index contributed by atoms with van der Waals surface area (Å²) in [6, 6.07) is 8.66. The summed E-state index contributed by atoms with van der Waals surface area (Å²) in [5.74, 6) is 3.96. The largest absolute Gasteiger partial charge is 0.339 e. The SMILES string of the molecule is CCCNC1CSCC1c1nc(-c2cccc(C)c2)no1. The van der Waals surface area contributed by atoms with Crippen LogP contribution in [0.5, 0.6) is 0 Å². The molecule has 2 aromatic rings. The Morgan fingerprint density at radius 2 is 2.29 bits per heavy atom. The molecule has 2 atom stereocenters. The van der Waals surface area contributed by atoms with Gasteiger partial charge in [0.15, 0.2) is 0 Å². The first kappa shape index (κ1) is 14.6. The molecule has 112 valence electrons. The van der Waals surface area contributed by atoms with Crippen molar-refractivity contribution in [1.82, 2.24) is 15.5 Å². The molecule has 1 saturated heterocycles. The number of hydrogen-bond donors (Lipinski definition) is 1. The number of nitrogens with one attached hydrogen (secondary N) is 1. The predicted octanol–water partition coefficient (Wildman–Crippen LogP) is 3.24. The fourth-order valence-electron chi connectivity index (χ4n) is 2.62. The van der Waals surface area contributed by atoms with Gasteiger partial charge in [0.05, 0.1) is 5.92 Å². The first-order valence-electron chi connectivity index (χ1n) is 7.49. The molecule has 1 aliphatic rings. The number of nitrogens with zero attached hydrogens (tertiary/aromatic N) is 2. The van der Waals surface area contributed by atoms with Crippen molar-refractivity contribution in [3.8, 4) is 11.4 Å². The van der Waals surface area contributed by atoms with Gasteiger partial charge < -0.3 is 9.84 Å². The van der Waals surface area contributed by atoms with Crippen LogP contribution in [0.1, 0.15) is 30.7 Å². The maximum Gasteiger partial charge on any atom is 0.232 e. The molecule has 21 heavy (non-hydrogen) atoms. The van der Waals surface area contributed by atoms with Gasteiger partial charge in [-0.2, -0.15) is 16.7 Å². The lowest BCUT2D eigenvalue weighted by Gasteiger charge is -2.16. The van der Waals surface area contributed by atoms with E-state index in [0.29, 0.717) is 17.8 Å². The highest BCUT2D eigenvalue weighted by molar-refractivity contribution is 7.99. The third-order valence-electron chi connectivity index (χ3n) is 3.77. The molecule has 0 bridgehead atoms.